The van der Waals surface area contributed by atoms with Gasteiger partial charge in [0.2, 0.25) is 0 Å². The number of carbonyl (C=O) groups is 1. The molecule has 5 nitrogen and oxygen atoms in total. The van der Waals surface area contributed by atoms with E-state index in [1.54, 1.807) is 17.8 Å². The van der Waals surface area contributed by atoms with E-state index >= 15 is 0 Å². The molecule has 0 spiro atoms. The summed E-state index contributed by atoms with van der Waals surface area (Å²) in [7, 11) is 0. The molecule has 3 aromatic rings. The molecule has 6 heteroatoms. The van der Waals surface area contributed by atoms with Crippen molar-refractivity contribution >= 4 is 17.2 Å². The van der Waals surface area contributed by atoms with Crippen molar-refractivity contribution < 1.29 is 9.53 Å². The quantitative estimate of drug-likeness (QED) is 0.697. The van der Waals surface area contributed by atoms with Crippen LogP contribution in [0.15, 0.2) is 54.2 Å². The zero-order valence-electron chi connectivity index (χ0n) is 15.0. The molecule has 0 aliphatic heterocycles. The van der Waals surface area contributed by atoms with E-state index in [1.807, 2.05) is 57.2 Å². The maximum absolute atomic E-state index is 12.4. The van der Waals surface area contributed by atoms with Crippen LogP contribution in [0.4, 0.5) is 0 Å². The minimum atomic E-state index is -0.191. The van der Waals surface area contributed by atoms with E-state index in [0.29, 0.717) is 5.69 Å². The van der Waals surface area contributed by atoms with Crippen molar-refractivity contribution in [3.63, 3.8) is 0 Å². The molecule has 1 N–H and O–H groups in total. The predicted octanol–water partition coefficient (Wildman–Crippen LogP) is 4.48. The molecule has 0 bridgehead atoms. The van der Waals surface area contributed by atoms with Crippen LogP contribution in [0, 0.1) is 0 Å². The summed E-state index contributed by atoms with van der Waals surface area (Å²) < 4.78 is 5.65. The average Bonchev–Trinajstić information content (AvgIpc) is 3.13. The highest BCUT2D eigenvalue weighted by molar-refractivity contribution is 7.13. The van der Waals surface area contributed by atoms with Gasteiger partial charge in [-0.3, -0.25) is 9.78 Å². The third kappa shape index (κ3) is 4.46. The second-order valence-electron chi connectivity index (χ2n) is 6.21. The van der Waals surface area contributed by atoms with Gasteiger partial charge in [0.05, 0.1) is 12.1 Å². The van der Waals surface area contributed by atoms with Gasteiger partial charge in [-0.05, 0) is 56.7 Å². The first-order valence-corrected chi connectivity index (χ1v) is 9.34. The van der Waals surface area contributed by atoms with Crippen LogP contribution in [0.25, 0.3) is 10.6 Å². The zero-order valence-corrected chi connectivity index (χ0v) is 15.8. The number of nitrogens with one attached hydrogen (secondary N) is 1. The monoisotopic (exact) mass is 367 g/mol. The van der Waals surface area contributed by atoms with Crippen molar-refractivity contribution in [1.82, 2.24) is 15.3 Å². The van der Waals surface area contributed by atoms with Crippen LogP contribution in [0.1, 0.15) is 42.9 Å². The molecule has 2 heterocycles. The van der Waals surface area contributed by atoms with Crippen molar-refractivity contribution in [2.24, 2.45) is 0 Å². The van der Waals surface area contributed by atoms with Gasteiger partial charge in [0.15, 0.2) is 0 Å². The van der Waals surface area contributed by atoms with Gasteiger partial charge in [-0.15, -0.1) is 11.3 Å². The largest absolute Gasteiger partial charge is 0.491 e. The summed E-state index contributed by atoms with van der Waals surface area (Å²) in [6.45, 7) is 5.91. The molecule has 0 aliphatic rings. The number of aromatic nitrogens is 2. The number of ether oxygens (including phenoxy) is 1. The van der Waals surface area contributed by atoms with Gasteiger partial charge in [-0.1, -0.05) is 6.07 Å². The third-order valence-electron chi connectivity index (χ3n) is 3.74. The minimum Gasteiger partial charge on any atom is -0.491 e. The fourth-order valence-electron chi connectivity index (χ4n) is 2.44. The molecule has 0 radical (unpaired) electrons. The van der Waals surface area contributed by atoms with Gasteiger partial charge >= 0.3 is 0 Å². The van der Waals surface area contributed by atoms with Crippen LogP contribution in [-0.4, -0.2) is 22.0 Å². The highest BCUT2D eigenvalue weighted by atomic mass is 32.1. The standard InChI is InChI=1S/C20H21N3O2S/c1-13(2)25-17-8-6-15(7-9-17)20-23-18(12-26-20)19(24)22-14(3)16-5-4-10-21-11-16/h4-14H,1-3H3,(H,22,24). The lowest BCUT2D eigenvalue weighted by Gasteiger charge is -2.12. The van der Waals surface area contributed by atoms with Gasteiger partial charge in [0.1, 0.15) is 16.5 Å². The number of rotatable bonds is 6. The van der Waals surface area contributed by atoms with Crippen molar-refractivity contribution in [1.29, 1.82) is 0 Å². The Hall–Kier alpha value is -2.73. The Kier molecular flexibility index (Phi) is 5.63. The topological polar surface area (TPSA) is 64.1 Å². The van der Waals surface area contributed by atoms with E-state index in [2.05, 4.69) is 15.3 Å². The van der Waals surface area contributed by atoms with Crippen LogP contribution < -0.4 is 10.1 Å². The Bertz CT molecular complexity index is 860. The lowest BCUT2D eigenvalue weighted by atomic mass is 10.1. The maximum Gasteiger partial charge on any atom is 0.271 e. The number of amides is 1. The molecule has 0 aliphatic carbocycles. The molecular formula is C20H21N3O2S. The van der Waals surface area contributed by atoms with Gasteiger partial charge in [-0.2, -0.15) is 0 Å². The summed E-state index contributed by atoms with van der Waals surface area (Å²) in [5, 5.41) is 5.54. The second kappa shape index (κ2) is 8.10. The normalized spacial score (nSPS) is 12.0. The lowest BCUT2D eigenvalue weighted by Crippen LogP contribution is -2.26. The SMILES string of the molecule is CC(C)Oc1ccc(-c2nc(C(=O)NC(C)c3cccnc3)cs2)cc1. The van der Waals surface area contributed by atoms with Crippen molar-refractivity contribution in [3.05, 3.63) is 65.4 Å². The van der Waals surface area contributed by atoms with E-state index in [1.165, 1.54) is 11.3 Å². The van der Waals surface area contributed by atoms with E-state index < -0.39 is 0 Å². The van der Waals surface area contributed by atoms with Crippen LogP contribution in [0.3, 0.4) is 0 Å². The maximum atomic E-state index is 12.4. The predicted molar refractivity (Wildman–Crippen MR) is 103 cm³/mol. The average molecular weight is 367 g/mol. The van der Waals surface area contributed by atoms with E-state index in [0.717, 1.165) is 21.9 Å². The number of nitrogens with zero attached hydrogens (tertiary/aromatic N) is 2. The molecule has 1 amide bonds. The van der Waals surface area contributed by atoms with Crippen LogP contribution in [0.5, 0.6) is 5.75 Å². The first-order chi connectivity index (χ1) is 12.5. The summed E-state index contributed by atoms with van der Waals surface area (Å²) in [6, 6.07) is 11.4. The Labute approximate surface area is 157 Å². The number of benzene rings is 1. The smallest absolute Gasteiger partial charge is 0.271 e. The Morgan fingerprint density at radius 1 is 1.15 bits per heavy atom. The molecular weight excluding hydrogens is 346 g/mol. The molecule has 0 saturated carbocycles. The highest BCUT2D eigenvalue weighted by Gasteiger charge is 2.15. The van der Waals surface area contributed by atoms with E-state index in [4.69, 9.17) is 4.74 Å². The van der Waals surface area contributed by atoms with Gasteiger partial charge in [0, 0.05) is 23.3 Å². The van der Waals surface area contributed by atoms with Crippen molar-refractivity contribution in [2.45, 2.75) is 32.9 Å². The summed E-state index contributed by atoms with van der Waals surface area (Å²) >= 11 is 1.45. The zero-order chi connectivity index (χ0) is 18.5. The number of hydrogen-bond donors (Lipinski definition) is 1. The fourth-order valence-corrected chi connectivity index (χ4v) is 3.25. The summed E-state index contributed by atoms with van der Waals surface area (Å²) in [5.74, 6) is 0.632. The Morgan fingerprint density at radius 3 is 2.58 bits per heavy atom. The number of hydrogen-bond acceptors (Lipinski definition) is 5. The minimum absolute atomic E-state index is 0.131. The lowest BCUT2D eigenvalue weighted by molar-refractivity contribution is 0.0935. The van der Waals surface area contributed by atoms with Crippen LogP contribution in [-0.2, 0) is 0 Å². The molecule has 2 aromatic heterocycles. The van der Waals surface area contributed by atoms with E-state index in [-0.39, 0.29) is 18.1 Å². The third-order valence-corrected chi connectivity index (χ3v) is 4.63. The van der Waals surface area contributed by atoms with Gasteiger partial charge < -0.3 is 10.1 Å². The Balaban J connectivity index is 1.68. The molecule has 1 atom stereocenters. The van der Waals surface area contributed by atoms with E-state index in [9.17, 15) is 4.79 Å². The first-order valence-electron chi connectivity index (χ1n) is 8.46. The first kappa shape index (κ1) is 18.1. The molecule has 1 unspecified atom stereocenters. The van der Waals surface area contributed by atoms with Gasteiger partial charge in [0.25, 0.3) is 5.91 Å². The summed E-state index contributed by atoms with van der Waals surface area (Å²) in [5.41, 5.74) is 2.34. The fraction of sp³-hybridized carbons (Fsp3) is 0.250. The second-order valence-corrected chi connectivity index (χ2v) is 7.07. The molecule has 0 saturated heterocycles. The molecule has 3 rings (SSSR count). The number of pyridine rings is 1. The molecule has 0 fully saturated rings. The molecule has 1 aromatic carbocycles. The molecule has 134 valence electrons. The summed E-state index contributed by atoms with van der Waals surface area (Å²) in [6.07, 6.45) is 3.60. The van der Waals surface area contributed by atoms with Crippen molar-refractivity contribution in [2.75, 3.05) is 0 Å². The van der Waals surface area contributed by atoms with Gasteiger partial charge in [-0.25, -0.2) is 4.98 Å². The Morgan fingerprint density at radius 2 is 1.92 bits per heavy atom. The molecule has 26 heavy (non-hydrogen) atoms. The van der Waals surface area contributed by atoms with Crippen LogP contribution >= 0.6 is 11.3 Å². The van der Waals surface area contributed by atoms with Crippen molar-refractivity contribution in [3.8, 4) is 16.3 Å². The highest BCUT2D eigenvalue weighted by Crippen LogP contribution is 2.26. The number of thiazole rings is 1. The number of carbonyl (C=O) groups excluding carboxylic acids is 1. The summed E-state index contributed by atoms with van der Waals surface area (Å²) in [4.78, 5) is 21.0. The van der Waals surface area contributed by atoms with Crippen LogP contribution in [0.2, 0.25) is 0 Å².